The maximum Gasteiger partial charge on any atom is 0.233 e. The quantitative estimate of drug-likeness (QED) is 0.571. The highest BCUT2D eigenvalue weighted by Gasteiger charge is 2.38. The number of likely N-dealkylation sites (tertiary alicyclic amines) is 1. The largest absolute Gasteiger partial charge is 1.00 e. The van der Waals surface area contributed by atoms with E-state index in [1.165, 1.54) is 30.2 Å². The van der Waals surface area contributed by atoms with Crippen LogP contribution in [0.2, 0.25) is 0 Å². The van der Waals surface area contributed by atoms with E-state index in [4.69, 9.17) is 4.74 Å². The minimum absolute atomic E-state index is 0. The van der Waals surface area contributed by atoms with Crippen LogP contribution < -0.4 is 21.7 Å². The van der Waals surface area contributed by atoms with Gasteiger partial charge in [0.05, 0.1) is 19.6 Å². The molecular formula is C20H26BrNO. The highest BCUT2D eigenvalue weighted by molar-refractivity contribution is 5.88. The van der Waals surface area contributed by atoms with Crippen molar-refractivity contribution in [2.45, 2.75) is 32.4 Å². The first-order chi connectivity index (χ1) is 10.8. The fourth-order valence-corrected chi connectivity index (χ4v) is 3.74. The summed E-state index contributed by atoms with van der Waals surface area (Å²) in [7, 11) is 0. The summed E-state index contributed by atoms with van der Waals surface area (Å²) in [6.07, 6.45) is 5.96. The standard InChI is InChI=1S/C20H26NO.BrH/c1-3-15-21(4-2)16-8-7-14-20(21)22-19-13-9-11-17-10-5-6-12-18(17)19;/h3,5-6,9-13,20H,1,4,7-8,14-16H2,2H3;1H/q+1;/p-1. The molecule has 3 rings (SSSR count). The lowest BCUT2D eigenvalue weighted by Crippen LogP contribution is -3.00. The summed E-state index contributed by atoms with van der Waals surface area (Å²) in [6.45, 7) is 9.52. The number of benzene rings is 2. The van der Waals surface area contributed by atoms with Crippen LogP contribution in [0.1, 0.15) is 26.2 Å². The van der Waals surface area contributed by atoms with Gasteiger partial charge in [0.2, 0.25) is 6.23 Å². The Balaban J connectivity index is 0.00000192. The number of nitrogens with zero attached hydrogens (tertiary/aromatic N) is 1. The third-order valence-electron chi connectivity index (χ3n) is 5.05. The number of hydrogen-bond donors (Lipinski definition) is 0. The normalized spacial score (nSPS) is 24.0. The summed E-state index contributed by atoms with van der Waals surface area (Å²) in [5, 5.41) is 2.46. The molecule has 3 heteroatoms. The van der Waals surface area contributed by atoms with Crippen LogP contribution in [0.25, 0.3) is 10.8 Å². The Morgan fingerprint density at radius 1 is 1.17 bits per heavy atom. The molecular weight excluding hydrogens is 350 g/mol. The molecule has 1 aliphatic heterocycles. The molecule has 0 saturated carbocycles. The van der Waals surface area contributed by atoms with Crippen molar-refractivity contribution >= 4 is 10.8 Å². The third-order valence-corrected chi connectivity index (χ3v) is 5.05. The van der Waals surface area contributed by atoms with Gasteiger partial charge in [-0.3, -0.25) is 4.48 Å². The van der Waals surface area contributed by atoms with Gasteiger partial charge in [-0.1, -0.05) is 43.0 Å². The zero-order valence-corrected chi connectivity index (χ0v) is 15.5. The van der Waals surface area contributed by atoms with Gasteiger partial charge in [0.25, 0.3) is 0 Å². The van der Waals surface area contributed by atoms with Crippen LogP contribution in [-0.2, 0) is 0 Å². The number of quaternary nitrogens is 1. The Morgan fingerprint density at radius 3 is 2.74 bits per heavy atom. The van der Waals surface area contributed by atoms with Crippen LogP contribution in [0.5, 0.6) is 5.75 Å². The van der Waals surface area contributed by atoms with Crippen molar-refractivity contribution in [1.29, 1.82) is 0 Å². The molecule has 2 aromatic rings. The molecule has 0 amide bonds. The molecule has 0 aromatic heterocycles. The van der Waals surface area contributed by atoms with Gasteiger partial charge in [-0.2, -0.15) is 0 Å². The predicted molar refractivity (Wildman–Crippen MR) is 92.9 cm³/mol. The number of piperidine rings is 1. The van der Waals surface area contributed by atoms with E-state index in [1.54, 1.807) is 0 Å². The molecule has 0 N–H and O–H groups in total. The van der Waals surface area contributed by atoms with Crippen LogP contribution in [0, 0.1) is 0 Å². The molecule has 2 aromatic carbocycles. The van der Waals surface area contributed by atoms with Crippen molar-refractivity contribution in [3.05, 3.63) is 55.1 Å². The summed E-state index contributed by atoms with van der Waals surface area (Å²) in [4.78, 5) is 0. The molecule has 0 radical (unpaired) electrons. The first-order valence-corrected chi connectivity index (χ1v) is 8.40. The van der Waals surface area contributed by atoms with E-state index in [2.05, 4.69) is 56.0 Å². The van der Waals surface area contributed by atoms with Crippen molar-refractivity contribution in [3.63, 3.8) is 0 Å². The van der Waals surface area contributed by atoms with Gasteiger partial charge in [-0.05, 0) is 37.3 Å². The van der Waals surface area contributed by atoms with Crippen molar-refractivity contribution in [1.82, 2.24) is 0 Å². The van der Waals surface area contributed by atoms with Gasteiger partial charge in [0.1, 0.15) is 5.75 Å². The molecule has 1 aliphatic rings. The van der Waals surface area contributed by atoms with Gasteiger partial charge in [0, 0.05) is 11.8 Å². The SMILES string of the molecule is C=CC[N+]1(CC)CCCCC1Oc1cccc2ccccc12.[Br-]. The Morgan fingerprint density at radius 2 is 1.96 bits per heavy atom. The molecule has 0 spiro atoms. The van der Waals surface area contributed by atoms with E-state index < -0.39 is 0 Å². The third kappa shape index (κ3) is 3.61. The number of likely N-dealkylation sites (N-methyl/N-ethyl adjacent to an activating group) is 1. The highest BCUT2D eigenvalue weighted by atomic mass is 79.9. The topological polar surface area (TPSA) is 9.23 Å². The van der Waals surface area contributed by atoms with Crippen LogP contribution in [0.15, 0.2) is 55.1 Å². The van der Waals surface area contributed by atoms with E-state index in [0.717, 1.165) is 29.7 Å². The zero-order chi connectivity index (χ0) is 15.4. The fraction of sp³-hybridized carbons (Fsp3) is 0.400. The van der Waals surface area contributed by atoms with Crippen molar-refractivity contribution < 1.29 is 26.2 Å². The summed E-state index contributed by atoms with van der Waals surface area (Å²) in [6, 6.07) is 14.8. The molecule has 124 valence electrons. The molecule has 1 fully saturated rings. The summed E-state index contributed by atoms with van der Waals surface area (Å²) in [5.74, 6) is 1.02. The summed E-state index contributed by atoms with van der Waals surface area (Å²) in [5.41, 5.74) is 0. The number of fused-ring (bicyclic) bond motifs is 1. The van der Waals surface area contributed by atoms with Gasteiger partial charge in [-0.25, -0.2) is 0 Å². The van der Waals surface area contributed by atoms with Crippen molar-refractivity contribution in [3.8, 4) is 5.75 Å². The Bertz CT molecular complexity index is 652. The van der Waals surface area contributed by atoms with Crippen LogP contribution in [0.3, 0.4) is 0 Å². The molecule has 2 unspecified atom stereocenters. The van der Waals surface area contributed by atoms with E-state index in [0.29, 0.717) is 0 Å². The zero-order valence-electron chi connectivity index (χ0n) is 13.9. The maximum absolute atomic E-state index is 6.55. The Hall–Kier alpha value is -1.32. The minimum atomic E-state index is 0. The lowest BCUT2D eigenvalue weighted by molar-refractivity contribution is -0.966. The predicted octanol–water partition coefficient (Wildman–Crippen LogP) is 1.76. The van der Waals surface area contributed by atoms with Crippen LogP contribution in [-0.4, -0.2) is 30.3 Å². The first kappa shape index (κ1) is 18.0. The van der Waals surface area contributed by atoms with E-state index in [-0.39, 0.29) is 23.2 Å². The Labute approximate surface area is 150 Å². The fourth-order valence-electron chi connectivity index (χ4n) is 3.74. The van der Waals surface area contributed by atoms with Crippen molar-refractivity contribution in [2.24, 2.45) is 0 Å². The smallest absolute Gasteiger partial charge is 0.233 e. The molecule has 1 heterocycles. The number of ether oxygens (including phenoxy) is 1. The molecule has 2 atom stereocenters. The molecule has 23 heavy (non-hydrogen) atoms. The minimum Gasteiger partial charge on any atom is -1.00 e. The number of halogens is 1. The Kier molecular flexibility index (Phi) is 6.25. The number of hydrogen-bond acceptors (Lipinski definition) is 1. The van der Waals surface area contributed by atoms with E-state index in [9.17, 15) is 0 Å². The lowest BCUT2D eigenvalue weighted by atomic mass is 10.0. The molecule has 0 aliphatic carbocycles. The average molecular weight is 376 g/mol. The van der Waals surface area contributed by atoms with Gasteiger partial charge >= 0.3 is 0 Å². The van der Waals surface area contributed by atoms with Crippen LogP contribution >= 0.6 is 0 Å². The molecule has 2 nitrogen and oxygen atoms in total. The second-order valence-corrected chi connectivity index (χ2v) is 6.28. The molecule has 0 bridgehead atoms. The number of rotatable bonds is 5. The average Bonchev–Trinajstić information content (AvgIpc) is 2.57. The first-order valence-electron chi connectivity index (χ1n) is 8.40. The molecule has 1 saturated heterocycles. The van der Waals surface area contributed by atoms with Gasteiger partial charge < -0.3 is 21.7 Å². The maximum atomic E-state index is 6.55. The van der Waals surface area contributed by atoms with Crippen LogP contribution in [0.4, 0.5) is 0 Å². The van der Waals surface area contributed by atoms with Crippen molar-refractivity contribution in [2.75, 3.05) is 19.6 Å². The van der Waals surface area contributed by atoms with E-state index >= 15 is 0 Å². The van der Waals surface area contributed by atoms with Gasteiger partial charge in [0.15, 0.2) is 0 Å². The summed E-state index contributed by atoms with van der Waals surface area (Å²) >= 11 is 0. The highest BCUT2D eigenvalue weighted by Crippen LogP contribution is 2.32. The second kappa shape index (κ2) is 7.98. The second-order valence-electron chi connectivity index (χ2n) is 6.28. The summed E-state index contributed by atoms with van der Waals surface area (Å²) < 4.78 is 7.56. The van der Waals surface area contributed by atoms with E-state index in [1.807, 2.05) is 6.08 Å². The monoisotopic (exact) mass is 375 g/mol. The lowest BCUT2D eigenvalue weighted by Gasteiger charge is -2.45. The van der Waals surface area contributed by atoms with Gasteiger partial charge in [-0.15, -0.1) is 0 Å².